The molecule has 10 aromatic rings. The Morgan fingerprint density at radius 3 is 1.58 bits per heavy atom. The second-order valence-corrected chi connectivity index (χ2v) is 11.8. The van der Waals surface area contributed by atoms with Gasteiger partial charge in [-0.15, -0.1) is 0 Å². The fourth-order valence-electron chi connectivity index (χ4n) is 7.30. The lowest BCUT2D eigenvalue weighted by atomic mass is 9.91. The summed E-state index contributed by atoms with van der Waals surface area (Å²) in [6, 6.07) is 54.1. The van der Waals surface area contributed by atoms with E-state index in [0.717, 1.165) is 33.5 Å². The van der Waals surface area contributed by atoms with Crippen LogP contribution in [0.25, 0.3) is 93.4 Å². The maximum atomic E-state index is 5.17. The Morgan fingerprint density at radius 1 is 0.378 bits per heavy atom. The third-order valence-electron chi connectivity index (χ3n) is 9.28. The Kier molecular flexibility index (Phi) is 5.00. The van der Waals surface area contributed by atoms with Gasteiger partial charge in [-0.25, -0.2) is 9.97 Å². The Balaban J connectivity index is 1.27. The normalized spacial score (nSPS) is 12.0. The van der Waals surface area contributed by atoms with Crippen LogP contribution in [0, 0.1) is 0 Å². The molecular formula is C42H25N3. The molecule has 0 amide bonds. The summed E-state index contributed by atoms with van der Waals surface area (Å²) in [6.45, 7) is 0. The lowest BCUT2D eigenvalue weighted by Crippen LogP contribution is -1.95. The molecule has 3 heteroatoms. The van der Waals surface area contributed by atoms with E-state index in [0.29, 0.717) is 0 Å². The molecule has 0 aliphatic carbocycles. The van der Waals surface area contributed by atoms with Crippen molar-refractivity contribution in [3.63, 3.8) is 0 Å². The van der Waals surface area contributed by atoms with Crippen LogP contribution in [-0.4, -0.2) is 14.5 Å². The van der Waals surface area contributed by atoms with Crippen LogP contribution >= 0.6 is 0 Å². The second-order valence-electron chi connectivity index (χ2n) is 11.8. The van der Waals surface area contributed by atoms with Gasteiger partial charge in [0.05, 0.1) is 33.5 Å². The van der Waals surface area contributed by atoms with E-state index in [2.05, 4.69) is 126 Å². The van der Waals surface area contributed by atoms with E-state index in [1.54, 1.807) is 0 Å². The number of benzene rings is 8. The first-order chi connectivity index (χ1) is 22.3. The molecule has 10 rings (SSSR count). The Labute approximate surface area is 259 Å². The number of rotatable bonds is 3. The van der Waals surface area contributed by atoms with Crippen molar-refractivity contribution >= 4 is 65.2 Å². The maximum Gasteiger partial charge on any atom is 0.0973 e. The molecule has 8 aromatic carbocycles. The summed E-state index contributed by atoms with van der Waals surface area (Å²) in [5.74, 6) is 0. The SMILES string of the molecule is c1ccc(-c2nc3ccccc3nc2-c2ccc3cc4c(cc3c2)c2cccc3c2c2c4cccc2n3-c2ccccc2)cc1. The number of para-hydroxylation sites is 3. The topological polar surface area (TPSA) is 30.7 Å². The largest absolute Gasteiger partial charge is 0.309 e. The minimum absolute atomic E-state index is 0.896. The maximum absolute atomic E-state index is 5.17. The highest BCUT2D eigenvalue weighted by molar-refractivity contribution is 6.35. The zero-order chi connectivity index (χ0) is 29.5. The molecule has 45 heavy (non-hydrogen) atoms. The van der Waals surface area contributed by atoms with Crippen LogP contribution < -0.4 is 0 Å². The van der Waals surface area contributed by atoms with E-state index < -0.39 is 0 Å². The highest BCUT2D eigenvalue weighted by Crippen LogP contribution is 2.45. The van der Waals surface area contributed by atoms with E-state index in [4.69, 9.17) is 9.97 Å². The molecular weight excluding hydrogens is 546 g/mol. The summed E-state index contributed by atoms with van der Waals surface area (Å²) < 4.78 is 2.41. The molecule has 0 radical (unpaired) electrons. The molecule has 0 fully saturated rings. The molecule has 0 saturated carbocycles. The Bertz CT molecular complexity index is 2740. The molecule has 0 N–H and O–H groups in total. The van der Waals surface area contributed by atoms with Gasteiger partial charge in [-0.05, 0) is 86.9 Å². The van der Waals surface area contributed by atoms with Crippen molar-refractivity contribution < 1.29 is 0 Å². The fourth-order valence-corrected chi connectivity index (χ4v) is 7.30. The predicted octanol–water partition coefficient (Wildman–Crippen LogP) is 11.0. The monoisotopic (exact) mass is 571 g/mol. The van der Waals surface area contributed by atoms with E-state index in [1.807, 2.05) is 30.3 Å². The van der Waals surface area contributed by atoms with E-state index in [-0.39, 0.29) is 0 Å². The molecule has 0 atom stereocenters. The van der Waals surface area contributed by atoms with Crippen molar-refractivity contribution in [1.82, 2.24) is 14.5 Å². The van der Waals surface area contributed by atoms with Crippen molar-refractivity contribution in [2.45, 2.75) is 0 Å². The number of aromatic nitrogens is 3. The molecule has 2 heterocycles. The molecule has 0 bridgehead atoms. The van der Waals surface area contributed by atoms with Crippen LogP contribution in [0.1, 0.15) is 0 Å². The Morgan fingerprint density at radius 2 is 0.933 bits per heavy atom. The zero-order valence-electron chi connectivity index (χ0n) is 24.3. The van der Waals surface area contributed by atoms with Crippen molar-refractivity contribution in [2.24, 2.45) is 0 Å². The third-order valence-corrected chi connectivity index (χ3v) is 9.28. The van der Waals surface area contributed by atoms with Crippen LogP contribution in [0.4, 0.5) is 0 Å². The molecule has 0 spiro atoms. The first-order valence-electron chi connectivity index (χ1n) is 15.3. The van der Waals surface area contributed by atoms with Gasteiger partial charge < -0.3 is 4.57 Å². The minimum atomic E-state index is 0.896. The third kappa shape index (κ3) is 3.52. The first-order valence-corrected chi connectivity index (χ1v) is 15.3. The van der Waals surface area contributed by atoms with Crippen molar-refractivity contribution in [3.8, 4) is 28.2 Å². The van der Waals surface area contributed by atoms with Gasteiger partial charge in [0.15, 0.2) is 0 Å². The standard InChI is InChI=1S/C42H25N3/c1-3-11-26(12-4-1)41-42(44-36-18-8-7-17-35(36)43-41)28-22-21-27-24-33-31-15-9-19-37-39(31)40-32(34(33)25-29(27)23-28)16-10-20-38(40)45(37)30-13-5-2-6-14-30/h1-25H. The van der Waals surface area contributed by atoms with E-state index in [1.165, 1.54) is 59.8 Å². The first kappa shape index (κ1) is 24.4. The quantitative estimate of drug-likeness (QED) is 0.156. The molecule has 3 nitrogen and oxygen atoms in total. The van der Waals surface area contributed by atoms with Gasteiger partial charge in [0, 0.05) is 27.6 Å². The van der Waals surface area contributed by atoms with Crippen molar-refractivity contribution in [3.05, 3.63) is 152 Å². The average molecular weight is 572 g/mol. The van der Waals surface area contributed by atoms with Gasteiger partial charge in [0.1, 0.15) is 0 Å². The molecule has 0 unspecified atom stereocenters. The van der Waals surface area contributed by atoms with Crippen molar-refractivity contribution in [2.75, 3.05) is 0 Å². The van der Waals surface area contributed by atoms with Crippen molar-refractivity contribution in [1.29, 1.82) is 0 Å². The van der Waals surface area contributed by atoms with Gasteiger partial charge in [-0.3, -0.25) is 0 Å². The Hall–Kier alpha value is -6.06. The average Bonchev–Trinajstić information content (AvgIpc) is 3.46. The van der Waals surface area contributed by atoms with Crippen LogP contribution in [0.2, 0.25) is 0 Å². The van der Waals surface area contributed by atoms with E-state index in [9.17, 15) is 0 Å². The predicted molar refractivity (Wildman–Crippen MR) is 188 cm³/mol. The lowest BCUT2D eigenvalue weighted by Gasteiger charge is -2.13. The van der Waals surface area contributed by atoms with Gasteiger partial charge in [-0.2, -0.15) is 0 Å². The molecule has 0 aliphatic heterocycles. The van der Waals surface area contributed by atoms with Gasteiger partial charge >= 0.3 is 0 Å². The fraction of sp³-hybridized carbons (Fsp3) is 0. The van der Waals surface area contributed by atoms with Crippen LogP contribution in [0.5, 0.6) is 0 Å². The number of fused-ring (bicyclic) bond motifs is 5. The zero-order valence-corrected chi connectivity index (χ0v) is 24.3. The smallest absolute Gasteiger partial charge is 0.0973 e. The van der Waals surface area contributed by atoms with Gasteiger partial charge in [0.25, 0.3) is 0 Å². The highest BCUT2D eigenvalue weighted by Gasteiger charge is 2.20. The van der Waals surface area contributed by atoms with Crippen LogP contribution in [-0.2, 0) is 0 Å². The van der Waals surface area contributed by atoms with Crippen LogP contribution in [0.3, 0.4) is 0 Å². The summed E-state index contributed by atoms with van der Waals surface area (Å²) >= 11 is 0. The van der Waals surface area contributed by atoms with Gasteiger partial charge in [0.2, 0.25) is 0 Å². The number of nitrogens with zero attached hydrogens (tertiary/aromatic N) is 3. The lowest BCUT2D eigenvalue weighted by molar-refractivity contribution is 1.18. The molecule has 0 aliphatic rings. The summed E-state index contributed by atoms with van der Waals surface area (Å²) in [7, 11) is 0. The summed E-state index contributed by atoms with van der Waals surface area (Å²) in [4.78, 5) is 10.3. The number of hydrogen-bond acceptors (Lipinski definition) is 2. The number of hydrogen-bond donors (Lipinski definition) is 0. The second kappa shape index (κ2) is 9.22. The summed E-state index contributed by atoms with van der Waals surface area (Å²) in [5, 5.41) is 10.2. The van der Waals surface area contributed by atoms with Gasteiger partial charge in [-0.1, -0.05) is 97.1 Å². The molecule has 2 aromatic heterocycles. The van der Waals surface area contributed by atoms with E-state index >= 15 is 0 Å². The molecule has 0 saturated heterocycles. The summed E-state index contributed by atoms with van der Waals surface area (Å²) in [5.41, 5.74) is 9.37. The summed E-state index contributed by atoms with van der Waals surface area (Å²) in [6.07, 6.45) is 0. The highest BCUT2D eigenvalue weighted by atomic mass is 15.0. The van der Waals surface area contributed by atoms with Crippen LogP contribution in [0.15, 0.2) is 152 Å². The minimum Gasteiger partial charge on any atom is -0.309 e. The molecule has 208 valence electrons.